The second kappa shape index (κ2) is 8.73. The molecule has 152 valence electrons. The molecule has 1 fully saturated rings. The summed E-state index contributed by atoms with van der Waals surface area (Å²) in [5.41, 5.74) is 0.637. The van der Waals surface area contributed by atoms with Gasteiger partial charge in [0, 0.05) is 18.7 Å². The molecular formula is C19H21FN6O2S. The normalized spacial score (nSPS) is 14.8. The lowest BCUT2D eigenvalue weighted by Gasteiger charge is -2.22. The average Bonchev–Trinajstić information content (AvgIpc) is 3.34. The maximum absolute atomic E-state index is 13.1. The standard InChI is InChI=1S/C19H21FN6O2S/c1-26-17(18-22-16(25-28-18)12-7-9-13(20)10-8-12)23-24-19(26)29-11-15(27)21-14-5-3-2-4-6-14/h7-10,14H,2-6,11H2,1H3,(H,21,27). The van der Waals surface area contributed by atoms with Gasteiger partial charge in [-0.1, -0.05) is 36.2 Å². The highest BCUT2D eigenvalue weighted by molar-refractivity contribution is 7.99. The van der Waals surface area contributed by atoms with E-state index in [4.69, 9.17) is 4.52 Å². The van der Waals surface area contributed by atoms with Crippen LogP contribution in [0.3, 0.4) is 0 Å². The number of halogens is 1. The van der Waals surface area contributed by atoms with Gasteiger partial charge in [-0.15, -0.1) is 10.2 Å². The van der Waals surface area contributed by atoms with E-state index >= 15 is 0 Å². The van der Waals surface area contributed by atoms with Crippen molar-refractivity contribution in [1.82, 2.24) is 30.2 Å². The number of amides is 1. The van der Waals surface area contributed by atoms with E-state index in [1.165, 1.54) is 43.2 Å². The third kappa shape index (κ3) is 4.64. The molecule has 0 spiro atoms. The van der Waals surface area contributed by atoms with Crippen LogP contribution >= 0.6 is 11.8 Å². The summed E-state index contributed by atoms with van der Waals surface area (Å²) in [5, 5.41) is 15.8. The van der Waals surface area contributed by atoms with Gasteiger partial charge in [-0.3, -0.25) is 4.79 Å². The highest BCUT2D eigenvalue weighted by Crippen LogP contribution is 2.24. The van der Waals surface area contributed by atoms with Crippen molar-refractivity contribution in [2.45, 2.75) is 43.3 Å². The highest BCUT2D eigenvalue weighted by Gasteiger charge is 2.20. The van der Waals surface area contributed by atoms with Crippen LogP contribution in [-0.4, -0.2) is 42.6 Å². The summed E-state index contributed by atoms with van der Waals surface area (Å²) in [5.74, 6) is 0.887. The van der Waals surface area contributed by atoms with Gasteiger partial charge in [-0.25, -0.2) is 4.39 Å². The molecule has 1 N–H and O–H groups in total. The van der Waals surface area contributed by atoms with Crippen LogP contribution in [-0.2, 0) is 11.8 Å². The van der Waals surface area contributed by atoms with Gasteiger partial charge in [0.15, 0.2) is 5.16 Å². The number of nitrogens with one attached hydrogen (secondary N) is 1. The van der Waals surface area contributed by atoms with Crippen molar-refractivity contribution in [3.63, 3.8) is 0 Å². The van der Waals surface area contributed by atoms with E-state index in [0.29, 0.717) is 22.4 Å². The van der Waals surface area contributed by atoms with Crippen LogP contribution in [0.5, 0.6) is 0 Å². The molecule has 0 radical (unpaired) electrons. The molecule has 0 bridgehead atoms. The lowest BCUT2D eigenvalue weighted by Crippen LogP contribution is -2.37. The molecule has 4 rings (SSSR count). The van der Waals surface area contributed by atoms with Gasteiger partial charge in [-0.2, -0.15) is 4.98 Å². The average molecular weight is 416 g/mol. The smallest absolute Gasteiger partial charge is 0.296 e. The van der Waals surface area contributed by atoms with Gasteiger partial charge >= 0.3 is 0 Å². The van der Waals surface area contributed by atoms with Crippen molar-refractivity contribution in [3.05, 3.63) is 30.1 Å². The minimum atomic E-state index is -0.333. The quantitative estimate of drug-likeness (QED) is 0.616. The van der Waals surface area contributed by atoms with Gasteiger partial charge in [0.05, 0.1) is 5.75 Å². The van der Waals surface area contributed by atoms with Crippen LogP contribution in [0.4, 0.5) is 4.39 Å². The number of hydrogen-bond donors (Lipinski definition) is 1. The Morgan fingerprint density at radius 3 is 2.76 bits per heavy atom. The molecule has 0 atom stereocenters. The van der Waals surface area contributed by atoms with Crippen molar-refractivity contribution in [3.8, 4) is 23.1 Å². The predicted octanol–water partition coefficient (Wildman–Crippen LogP) is 3.21. The second-order valence-corrected chi connectivity index (χ2v) is 7.93. The second-order valence-electron chi connectivity index (χ2n) is 6.99. The van der Waals surface area contributed by atoms with Crippen LogP contribution in [0.25, 0.3) is 23.1 Å². The molecule has 29 heavy (non-hydrogen) atoms. The summed E-state index contributed by atoms with van der Waals surface area (Å²) in [6, 6.07) is 6.11. The van der Waals surface area contributed by atoms with Crippen LogP contribution in [0.15, 0.2) is 33.9 Å². The number of thioether (sulfide) groups is 1. The number of benzene rings is 1. The molecule has 8 nitrogen and oxygen atoms in total. The van der Waals surface area contributed by atoms with Gasteiger partial charge in [-0.05, 0) is 37.1 Å². The number of nitrogens with zero attached hydrogens (tertiary/aromatic N) is 5. The molecule has 10 heteroatoms. The van der Waals surface area contributed by atoms with E-state index in [2.05, 4.69) is 25.7 Å². The molecule has 0 aliphatic heterocycles. The number of aromatic nitrogens is 5. The molecular weight excluding hydrogens is 395 g/mol. The van der Waals surface area contributed by atoms with Gasteiger partial charge in [0.1, 0.15) is 5.82 Å². The summed E-state index contributed by atoms with van der Waals surface area (Å²) in [6.07, 6.45) is 5.71. The van der Waals surface area contributed by atoms with Crippen molar-refractivity contribution < 1.29 is 13.7 Å². The molecule has 1 aliphatic rings. The minimum absolute atomic E-state index is 0.00263. The van der Waals surface area contributed by atoms with E-state index in [-0.39, 0.29) is 29.4 Å². The zero-order valence-electron chi connectivity index (χ0n) is 16.0. The fourth-order valence-corrected chi connectivity index (χ4v) is 4.03. The van der Waals surface area contributed by atoms with E-state index in [1.54, 1.807) is 23.7 Å². The zero-order chi connectivity index (χ0) is 20.2. The highest BCUT2D eigenvalue weighted by atomic mass is 32.2. The summed E-state index contributed by atoms with van der Waals surface area (Å²) in [6.45, 7) is 0. The lowest BCUT2D eigenvalue weighted by molar-refractivity contribution is -0.119. The SMILES string of the molecule is Cn1c(SCC(=O)NC2CCCCC2)nnc1-c1nc(-c2ccc(F)cc2)no1. The first-order valence-corrected chi connectivity index (χ1v) is 10.5. The Bertz CT molecular complexity index is 981. The number of hydrogen-bond acceptors (Lipinski definition) is 7. The Morgan fingerprint density at radius 2 is 2.00 bits per heavy atom. The van der Waals surface area contributed by atoms with Crippen LogP contribution < -0.4 is 5.32 Å². The summed E-state index contributed by atoms with van der Waals surface area (Å²) >= 11 is 1.31. The van der Waals surface area contributed by atoms with E-state index in [1.807, 2.05) is 0 Å². The van der Waals surface area contributed by atoms with Crippen LogP contribution in [0, 0.1) is 5.82 Å². The van der Waals surface area contributed by atoms with Gasteiger partial charge < -0.3 is 14.4 Å². The fraction of sp³-hybridized carbons (Fsp3) is 0.421. The third-order valence-electron chi connectivity index (χ3n) is 4.86. The largest absolute Gasteiger partial charge is 0.353 e. The Morgan fingerprint density at radius 1 is 1.24 bits per heavy atom. The molecule has 1 aliphatic carbocycles. The Balaban J connectivity index is 1.39. The van der Waals surface area contributed by atoms with Crippen molar-refractivity contribution >= 4 is 17.7 Å². The molecule has 1 aromatic carbocycles. The Hall–Kier alpha value is -2.75. The Labute approximate surface area is 171 Å². The first-order valence-electron chi connectivity index (χ1n) is 9.52. The van der Waals surface area contributed by atoms with Crippen LogP contribution in [0.2, 0.25) is 0 Å². The maximum atomic E-state index is 13.1. The first-order chi connectivity index (χ1) is 14.1. The molecule has 2 aromatic heterocycles. The van der Waals surface area contributed by atoms with Crippen molar-refractivity contribution in [2.24, 2.45) is 7.05 Å². The molecule has 0 unspecified atom stereocenters. The van der Waals surface area contributed by atoms with Crippen molar-refractivity contribution in [2.75, 3.05) is 5.75 Å². The summed E-state index contributed by atoms with van der Waals surface area (Å²) in [4.78, 5) is 16.5. The van der Waals surface area contributed by atoms with Crippen LogP contribution in [0.1, 0.15) is 32.1 Å². The third-order valence-corrected chi connectivity index (χ3v) is 5.88. The number of carbonyl (C=O) groups excluding carboxylic acids is 1. The Kier molecular flexibility index (Phi) is 5.89. The monoisotopic (exact) mass is 416 g/mol. The summed E-state index contributed by atoms with van der Waals surface area (Å²) in [7, 11) is 1.78. The van der Waals surface area contributed by atoms with Gasteiger partial charge in [0.2, 0.25) is 17.6 Å². The van der Waals surface area contributed by atoms with E-state index in [0.717, 1.165) is 12.8 Å². The predicted molar refractivity (Wildman–Crippen MR) is 105 cm³/mol. The van der Waals surface area contributed by atoms with Gasteiger partial charge in [0.25, 0.3) is 5.89 Å². The maximum Gasteiger partial charge on any atom is 0.296 e. The summed E-state index contributed by atoms with van der Waals surface area (Å²) < 4.78 is 20.1. The van der Waals surface area contributed by atoms with Crippen molar-refractivity contribution in [1.29, 1.82) is 0 Å². The lowest BCUT2D eigenvalue weighted by atomic mass is 9.95. The molecule has 2 heterocycles. The molecule has 3 aromatic rings. The molecule has 1 amide bonds. The topological polar surface area (TPSA) is 98.7 Å². The first kappa shape index (κ1) is 19.6. The number of carbonyl (C=O) groups is 1. The zero-order valence-corrected chi connectivity index (χ0v) is 16.8. The van der Waals surface area contributed by atoms with E-state index in [9.17, 15) is 9.18 Å². The number of rotatable bonds is 6. The van der Waals surface area contributed by atoms with E-state index < -0.39 is 0 Å². The molecule has 1 saturated carbocycles. The molecule has 0 saturated heterocycles. The fourth-order valence-electron chi connectivity index (χ4n) is 3.30. The minimum Gasteiger partial charge on any atom is -0.353 e.